The second-order valence-electron chi connectivity index (χ2n) is 8.17. The minimum absolute atomic E-state index is 0.139. The maximum atomic E-state index is 13.3. The summed E-state index contributed by atoms with van der Waals surface area (Å²) < 4.78 is 19.1. The van der Waals surface area contributed by atoms with Crippen molar-refractivity contribution in [2.75, 3.05) is 6.61 Å². The highest BCUT2D eigenvalue weighted by molar-refractivity contribution is 5.88. The van der Waals surface area contributed by atoms with Gasteiger partial charge in [0.15, 0.2) is 6.61 Å². The van der Waals surface area contributed by atoms with Gasteiger partial charge in [0.05, 0.1) is 0 Å². The Morgan fingerprint density at radius 3 is 2.52 bits per heavy atom. The maximum Gasteiger partial charge on any atom is 0.261 e. The molecule has 0 spiro atoms. The Bertz CT molecular complexity index is 879. The fraction of sp³-hybridized carbons (Fsp3) is 0.440. The van der Waals surface area contributed by atoms with Gasteiger partial charge in [0, 0.05) is 12.6 Å². The van der Waals surface area contributed by atoms with Crippen LogP contribution in [-0.2, 0) is 16.1 Å². The minimum Gasteiger partial charge on any atom is -0.484 e. The van der Waals surface area contributed by atoms with E-state index >= 15 is 0 Å². The van der Waals surface area contributed by atoms with E-state index in [2.05, 4.69) is 5.32 Å². The van der Waals surface area contributed by atoms with Gasteiger partial charge in [-0.2, -0.15) is 0 Å². The van der Waals surface area contributed by atoms with Gasteiger partial charge in [0.25, 0.3) is 5.91 Å². The standard InChI is InChI=1S/C25H31FN2O3/c1-3-23(25(30)27-21-8-4-5-9-21)28(16-19-11-13-20(26)14-12-19)24(29)17-31-22-10-6-7-18(2)15-22/h6-7,10-15,21,23H,3-5,8-9,16-17H2,1-2H3,(H,27,30)/t23-/m0/s1. The molecule has 6 heteroatoms. The quantitative estimate of drug-likeness (QED) is 0.647. The maximum absolute atomic E-state index is 13.3. The summed E-state index contributed by atoms with van der Waals surface area (Å²) in [5.74, 6) is -0.145. The number of benzene rings is 2. The third kappa shape index (κ3) is 6.54. The molecule has 0 aromatic heterocycles. The van der Waals surface area contributed by atoms with E-state index in [0.717, 1.165) is 36.8 Å². The number of halogens is 1. The average molecular weight is 427 g/mol. The third-order valence-electron chi connectivity index (χ3n) is 5.71. The Kier molecular flexibility index (Phi) is 8.04. The van der Waals surface area contributed by atoms with Crippen LogP contribution < -0.4 is 10.1 Å². The summed E-state index contributed by atoms with van der Waals surface area (Å²) in [5.41, 5.74) is 1.80. The lowest BCUT2D eigenvalue weighted by molar-refractivity contribution is -0.143. The Labute approximate surface area is 183 Å². The first-order valence-corrected chi connectivity index (χ1v) is 11.0. The van der Waals surface area contributed by atoms with Crippen LogP contribution in [0.4, 0.5) is 4.39 Å². The smallest absolute Gasteiger partial charge is 0.261 e. The van der Waals surface area contributed by atoms with Crippen LogP contribution in [0.3, 0.4) is 0 Å². The molecule has 0 bridgehead atoms. The number of ether oxygens (including phenoxy) is 1. The molecule has 1 atom stereocenters. The molecule has 5 nitrogen and oxygen atoms in total. The number of rotatable bonds is 9. The fourth-order valence-corrected chi connectivity index (χ4v) is 4.01. The molecule has 1 N–H and O–H groups in total. The van der Waals surface area contributed by atoms with Crippen molar-refractivity contribution in [2.45, 2.75) is 64.6 Å². The normalized spacial score (nSPS) is 14.8. The van der Waals surface area contributed by atoms with E-state index in [0.29, 0.717) is 12.2 Å². The van der Waals surface area contributed by atoms with Crippen molar-refractivity contribution >= 4 is 11.8 Å². The zero-order valence-corrected chi connectivity index (χ0v) is 18.3. The summed E-state index contributed by atoms with van der Waals surface area (Å²) in [6.45, 7) is 3.89. The van der Waals surface area contributed by atoms with Gasteiger partial charge in [0.1, 0.15) is 17.6 Å². The first-order valence-electron chi connectivity index (χ1n) is 11.0. The Morgan fingerprint density at radius 2 is 1.87 bits per heavy atom. The Balaban J connectivity index is 1.75. The predicted octanol–water partition coefficient (Wildman–Crippen LogP) is 4.38. The molecule has 2 aromatic carbocycles. The molecular weight excluding hydrogens is 395 g/mol. The van der Waals surface area contributed by atoms with Crippen molar-refractivity contribution in [3.8, 4) is 5.75 Å². The highest BCUT2D eigenvalue weighted by Gasteiger charge is 2.30. The first-order chi connectivity index (χ1) is 15.0. The molecule has 0 saturated heterocycles. The highest BCUT2D eigenvalue weighted by Crippen LogP contribution is 2.20. The summed E-state index contributed by atoms with van der Waals surface area (Å²) in [4.78, 5) is 27.7. The van der Waals surface area contributed by atoms with Gasteiger partial charge in [-0.1, -0.05) is 44.0 Å². The Hall–Kier alpha value is -2.89. The minimum atomic E-state index is -0.612. The van der Waals surface area contributed by atoms with Gasteiger partial charge in [-0.15, -0.1) is 0 Å². The van der Waals surface area contributed by atoms with Crippen molar-refractivity contribution in [1.29, 1.82) is 0 Å². The van der Waals surface area contributed by atoms with Gasteiger partial charge in [-0.25, -0.2) is 4.39 Å². The predicted molar refractivity (Wildman–Crippen MR) is 118 cm³/mol. The summed E-state index contributed by atoms with van der Waals surface area (Å²) in [6, 6.07) is 13.0. The Morgan fingerprint density at radius 1 is 1.16 bits per heavy atom. The largest absolute Gasteiger partial charge is 0.484 e. The van der Waals surface area contributed by atoms with Crippen LogP contribution in [0.25, 0.3) is 0 Å². The summed E-state index contributed by atoms with van der Waals surface area (Å²) in [5, 5.41) is 3.11. The van der Waals surface area contributed by atoms with Crippen molar-refractivity contribution in [2.24, 2.45) is 0 Å². The number of carbonyl (C=O) groups is 2. The molecule has 0 heterocycles. The number of nitrogens with zero attached hydrogens (tertiary/aromatic N) is 1. The van der Waals surface area contributed by atoms with E-state index in [1.807, 2.05) is 32.0 Å². The van der Waals surface area contributed by atoms with E-state index in [-0.39, 0.29) is 36.8 Å². The van der Waals surface area contributed by atoms with Crippen LogP contribution >= 0.6 is 0 Å². The fourth-order valence-electron chi connectivity index (χ4n) is 4.01. The molecule has 0 aliphatic heterocycles. The van der Waals surface area contributed by atoms with Gasteiger partial charge in [-0.05, 0) is 61.6 Å². The van der Waals surface area contributed by atoms with Crippen molar-refractivity contribution in [3.05, 3.63) is 65.5 Å². The van der Waals surface area contributed by atoms with Gasteiger partial charge >= 0.3 is 0 Å². The number of hydrogen-bond donors (Lipinski definition) is 1. The molecule has 0 unspecified atom stereocenters. The molecular formula is C25H31FN2O3. The number of aryl methyl sites for hydroxylation is 1. The molecule has 1 saturated carbocycles. The molecule has 3 rings (SSSR count). The van der Waals surface area contributed by atoms with Crippen LogP contribution in [-0.4, -0.2) is 35.4 Å². The summed E-state index contributed by atoms with van der Waals surface area (Å²) >= 11 is 0. The SMILES string of the molecule is CC[C@@H](C(=O)NC1CCCC1)N(Cc1ccc(F)cc1)C(=O)COc1cccc(C)c1. The van der Waals surface area contributed by atoms with Gasteiger partial charge in [0.2, 0.25) is 5.91 Å². The number of amides is 2. The van der Waals surface area contributed by atoms with Gasteiger partial charge < -0.3 is 15.0 Å². The lowest BCUT2D eigenvalue weighted by Crippen LogP contribution is -2.52. The molecule has 31 heavy (non-hydrogen) atoms. The van der Waals surface area contributed by atoms with Crippen LogP contribution in [0.2, 0.25) is 0 Å². The zero-order valence-electron chi connectivity index (χ0n) is 18.3. The summed E-state index contributed by atoms with van der Waals surface area (Å²) in [6.07, 6.45) is 4.67. The van der Waals surface area contributed by atoms with E-state index in [1.54, 1.807) is 23.1 Å². The van der Waals surface area contributed by atoms with E-state index in [1.165, 1.54) is 12.1 Å². The molecule has 1 fully saturated rings. The van der Waals surface area contributed by atoms with Crippen molar-refractivity contribution in [1.82, 2.24) is 10.2 Å². The molecule has 1 aliphatic rings. The molecule has 0 radical (unpaired) electrons. The van der Waals surface area contributed by atoms with Crippen LogP contribution in [0.1, 0.15) is 50.2 Å². The molecule has 166 valence electrons. The monoisotopic (exact) mass is 426 g/mol. The number of nitrogens with one attached hydrogen (secondary N) is 1. The molecule has 2 aromatic rings. The van der Waals surface area contributed by atoms with Gasteiger partial charge in [-0.3, -0.25) is 9.59 Å². The number of hydrogen-bond acceptors (Lipinski definition) is 3. The summed E-state index contributed by atoms with van der Waals surface area (Å²) in [7, 11) is 0. The highest BCUT2D eigenvalue weighted by atomic mass is 19.1. The van der Waals surface area contributed by atoms with E-state index in [4.69, 9.17) is 4.74 Å². The lowest BCUT2D eigenvalue weighted by Gasteiger charge is -2.31. The van der Waals surface area contributed by atoms with E-state index < -0.39 is 6.04 Å². The van der Waals surface area contributed by atoms with Crippen LogP contribution in [0.15, 0.2) is 48.5 Å². The zero-order chi connectivity index (χ0) is 22.2. The van der Waals surface area contributed by atoms with Crippen molar-refractivity contribution < 1.29 is 18.7 Å². The molecule has 1 aliphatic carbocycles. The first kappa shape index (κ1) is 22.8. The number of carbonyl (C=O) groups excluding carboxylic acids is 2. The lowest BCUT2D eigenvalue weighted by atomic mass is 10.1. The second-order valence-corrected chi connectivity index (χ2v) is 8.17. The third-order valence-corrected chi connectivity index (χ3v) is 5.71. The molecule has 2 amide bonds. The van der Waals surface area contributed by atoms with Crippen molar-refractivity contribution in [3.63, 3.8) is 0 Å². The second kappa shape index (κ2) is 10.9. The van der Waals surface area contributed by atoms with E-state index in [9.17, 15) is 14.0 Å². The van der Waals surface area contributed by atoms with Crippen LogP contribution in [0.5, 0.6) is 5.75 Å². The van der Waals surface area contributed by atoms with Crippen LogP contribution in [0, 0.1) is 12.7 Å². The topological polar surface area (TPSA) is 58.6 Å². The average Bonchev–Trinajstić information content (AvgIpc) is 3.26.